The average molecular weight is 297 g/mol. The van der Waals surface area contributed by atoms with E-state index in [9.17, 15) is 9.59 Å². The van der Waals surface area contributed by atoms with Crippen LogP contribution in [0.15, 0.2) is 12.3 Å². The highest BCUT2D eigenvalue weighted by atomic mass is 35.5. The Hall–Kier alpha value is -0.940. The molecule has 0 atom stereocenters. The van der Waals surface area contributed by atoms with Crippen LogP contribution in [0.25, 0.3) is 0 Å². The van der Waals surface area contributed by atoms with Crippen molar-refractivity contribution in [3.05, 3.63) is 12.3 Å². The summed E-state index contributed by atoms with van der Waals surface area (Å²) >= 11 is 11.2. The van der Waals surface area contributed by atoms with Crippen molar-refractivity contribution >= 4 is 35.1 Å². The minimum atomic E-state index is -0.461. The third kappa shape index (κ3) is 9.13. The molecule has 0 aromatic rings. The van der Waals surface area contributed by atoms with Gasteiger partial charge in [-0.3, -0.25) is 9.59 Å². The van der Waals surface area contributed by atoms with E-state index in [2.05, 4.69) is 10.1 Å². The summed E-state index contributed by atoms with van der Waals surface area (Å²) in [6.07, 6.45) is 2.93. The lowest BCUT2D eigenvalue weighted by atomic mass is 10.4. The van der Waals surface area contributed by atoms with Gasteiger partial charge in [0.25, 0.3) is 0 Å². The molecule has 0 unspecified atom stereocenters. The summed E-state index contributed by atoms with van der Waals surface area (Å²) in [4.78, 5) is 24.2. The Morgan fingerprint density at radius 1 is 1.28 bits per heavy atom. The SMILES string of the molecule is CCOC(=O)CNC(=O)/C=C\N(CCCl)CCCl. The highest BCUT2D eigenvalue weighted by molar-refractivity contribution is 6.18. The van der Waals surface area contributed by atoms with Crippen LogP contribution in [0.1, 0.15) is 6.92 Å². The lowest BCUT2D eigenvalue weighted by Crippen LogP contribution is -2.30. The molecular weight excluding hydrogens is 279 g/mol. The van der Waals surface area contributed by atoms with E-state index in [-0.39, 0.29) is 12.5 Å². The van der Waals surface area contributed by atoms with Gasteiger partial charge < -0.3 is 15.0 Å². The summed E-state index contributed by atoms with van der Waals surface area (Å²) in [5, 5.41) is 2.41. The van der Waals surface area contributed by atoms with Crippen LogP contribution in [0.5, 0.6) is 0 Å². The van der Waals surface area contributed by atoms with Gasteiger partial charge >= 0.3 is 5.97 Å². The lowest BCUT2D eigenvalue weighted by Gasteiger charge is -2.16. The molecule has 1 N–H and O–H groups in total. The second kappa shape index (κ2) is 11.2. The van der Waals surface area contributed by atoms with E-state index in [0.717, 1.165) is 0 Å². The van der Waals surface area contributed by atoms with Crippen LogP contribution in [0, 0.1) is 0 Å². The van der Waals surface area contributed by atoms with Gasteiger partial charge in [-0.1, -0.05) is 0 Å². The summed E-state index contributed by atoms with van der Waals surface area (Å²) in [7, 11) is 0. The van der Waals surface area contributed by atoms with Gasteiger partial charge in [-0.25, -0.2) is 0 Å². The Kier molecular flexibility index (Phi) is 10.6. The highest BCUT2D eigenvalue weighted by Gasteiger charge is 2.03. The molecule has 0 aliphatic carbocycles. The normalized spacial score (nSPS) is 10.4. The fourth-order valence-electron chi connectivity index (χ4n) is 1.08. The minimum Gasteiger partial charge on any atom is -0.465 e. The van der Waals surface area contributed by atoms with E-state index in [0.29, 0.717) is 31.5 Å². The second-order valence-corrected chi connectivity index (χ2v) is 4.01. The topological polar surface area (TPSA) is 58.6 Å². The molecule has 0 saturated carbocycles. The zero-order chi connectivity index (χ0) is 13.8. The molecule has 0 aliphatic heterocycles. The van der Waals surface area contributed by atoms with Gasteiger partial charge in [-0.2, -0.15) is 0 Å². The van der Waals surface area contributed by atoms with Crippen LogP contribution in [0.3, 0.4) is 0 Å². The van der Waals surface area contributed by atoms with Crippen LogP contribution in [-0.4, -0.2) is 54.8 Å². The van der Waals surface area contributed by atoms with Crippen LogP contribution >= 0.6 is 23.2 Å². The Morgan fingerprint density at radius 2 is 1.89 bits per heavy atom. The van der Waals surface area contributed by atoms with E-state index in [1.807, 2.05) is 4.90 Å². The van der Waals surface area contributed by atoms with Crippen LogP contribution in [0.4, 0.5) is 0 Å². The largest absolute Gasteiger partial charge is 0.465 e. The van der Waals surface area contributed by atoms with Gasteiger partial charge in [0.1, 0.15) is 6.54 Å². The van der Waals surface area contributed by atoms with Crippen molar-refractivity contribution in [3.63, 3.8) is 0 Å². The zero-order valence-electron chi connectivity index (χ0n) is 10.3. The van der Waals surface area contributed by atoms with Crippen molar-refractivity contribution in [1.82, 2.24) is 10.2 Å². The van der Waals surface area contributed by atoms with Gasteiger partial charge in [0.15, 0.2) is 0 Å². The molecule has 0 spiro atoms. The van der Waals surface area contributed by atoms with E-state index < -0.39 is 5.97 Å². The quantitative estimate of drug-likeness (QED) is 0.391. The Morgan fingerprint density at radius 3 is 2.39 bits per heavy atom. The fraction of sp³-hybridized carbons (Fsp3) is 0.636. The number of rotatable bonds is 9. The number of hydrogen-bond donors (Lipinski definition) is 1. The highest BCUT2D eigenvalue weighted by Crippen LogP contribution is 1.93. The molecule has 0 radical (unpaired) electrons. The third-order valence-electron chi connectivity index (χ3n) is 1.89. The summed E-state index contributed by atoms with van der Waals surface area (Å²) in [6.45, 7) is 3.08. The molecule has 0 fully saturated rings. The van der Waals surface area contributed by atoms with Crippen molar-refractivity contribution < 1.29 is 14.3 Å². The standard InChI is InChI=1S/C11H18Cl2N2O3/c1-2-18-11(17)9-14-10(16)3-6-15(7-4-12)8-5-13/h3,6H,2,4-5,7-9H2,1H3,(H,14,16)/b6-3-. The molecule has 0 bridgehead atoms. The van der Waals surface area contributed by atoms with Gasteiger partial charge in [-0.05, 0) is 6.92 Å². The number of carbonyl (C=O) groups is 2. The molecule has 0 aromatic heterocycles. The molecule has 0 heterocycles. The predicted molar refractivity (Wildman–Crippen MR) is 71.8 cm³/mol. The van der Waals surface area contributed by atoms with E-state index in [1.54, 1.807) is 13.1 Å². The summed E-state index contributed by atoms with van der Waals surface area (Å²) in [6, 6.07) is 0. The number of halogens is 2. The molecule has 0 rings (SSSR count). The Balaban J connectivity index is 3.99. The maximum absolute atomic E-state index is 11.4. The monoisotopic (exact) mass is 296 g/mol. The van der Waals surface area contributed by atoms with Crippen molar-refractivity contribution in [2.24, 2.45) is 0 Å². The van der Waals surface area contributed by atoms with E-state index in [4.69, 9.17) is 23.2 Å². The van der Waals surface area contributed by atoms with Crippen molar-refractivity contribution in [1.29, 1.82) is 0 Å². The number of nitrogens with zero attached hydrogens (tertiary/aromatic N) is 1. The average Bonchev–Trinajstić information content (AvgIpc) is 2.34. The molecule has 104 valence electrons. The first kappa shape index (κ1) is 17.1. The molecule has 7 heteroatoms. The number of hydrogen-bond acceptors (Lipinski definition) is 4. The van der Waals surface area contributed by atoms with Crippen LogP contribution < -0.4 is 5.32 Å². The van der Waals surface area contributed by atoms with Crippen LogP contribution in [-0.2, 0) is 14.3 Å². The Bertz CT molecular complexity index is 279. The summed E-state index contributed by atoms with van der Waals surface area (Å²) < 4.78 is 4.67. The number of carbonyl (C=O) groups excluding carboxylic acids is 2. The molecule has 0 aliphatic rings. The predicted octanol–water partition coefficient (Wildman–Crippen LogP) is 0.959. The first-order valence-electron chi connectivity index (χ1n) is 5.61. The molecule has 1 amide bonds. The first-order chi connectivity index (χ1) is 8.63. The molecule has 0 aromatic carbocycles. The summed E-state index contributed by atoms with van der Waals surface area (Å²) in [5.41, 5.74) is 0. The number of esters is 1. The maximum Gasteiger partial charge on any atom is 0.325 e. The molecule has 18 heavy (non-hydrogen) atoms. The van der Waals surface area contributed by atoms with Gasteiger partial charge in [0, 0.05) is 37.1 Å². The number of alkyl halides is 2. The number of ether oxygens (including phenoxy) is 1. The minimum absolute atomic E-state index is 0.137. The molecule has 5 nitrogen and oxygen atoms in total. The third-order valence-corrected chi connectivity index (χ3v) is 2.23. The first-order valence-corrected chi connectivity index (χ1v) is 6.68. The Labute approximate surface area is 117 Å². The number of nitrogens with one attached hydrogen (secondary N) is 1. The second-order valence-electron chi connectivity index (χ2n) is 3.25. The van der Waals surface area contributed by atoms with E-state index in [1.165, 1.54) is 6.08 Å². The zero-order valence-corrected chi connectivity index (χ0v) is 11.8. The van der Waals surface area contributed by atoms with Gasteiger partial charge in [0.2, 0.25) is 5.91 Å². The molecule has 0 saturated heterocycles. The van der Waals surface area contributed by atoms with Gasteiger partial charge in [-0.15, -0.1) is 23.2 Å². The lowest BCUT2D eigenvalue weighted by molar-refractivity contribution is -0.143. The fourth-order valence-corrected chi connectivity index (χ4v) is 1.52. The smallest absolute Gasteiger partial charge is 0.325 e. The van der Waals surface area contributed by atoms with Crippen molar-refractivity contribution in [2.45, 2.75) is 6.92 Å². The van der Waals surface area contributed by atoms with Crippen molar-refractivity contribution in [2.75, 3.05) is 38.0 Å². The molecular formula is C11H18Cl2N2O3. The van der Waals surface area contributed by atoms with Crippen molar-refractivity contribution in [3.8, 4) is 0 Å². The number of amides is 1. The van der Waals surface area contributed by atoms with Crippen LogP contribution in [0.2, 0.25) is 0 Å². The van der Waals surface area contributed by atoms with E-state index >= 15 is 0 Å². The van der Waals surface area contributed by atoms with Gasteiger partial charge in [0.05, 0.1) is 6.61 Å². The maximum atomic E-state index is 11.4. The summed E-state index contributed by atoms with van der Waals surface area (Å²) in [5.74, 6) is 0.0759.